The van der Waals surface area contributed by atoms with Crippen LogP contribution >= 0.6 is 0 Å². The van der Waals surface area contributed by atoms with Gasteiger partial charge < -0.3 is 18.9 Å². The third-order valence-electron chi connectivity index (χ3n) is 7.44. The molecule has 1 aliphatic carbocycles. The minimum Gasteiger partial charge on any atom is -0.497 e. The fourth-order valence-electron chi connectivity index (χ4n) is 5.46. The van der Waals surface area contributed by atoms with Crippen LogP contribution in [-0.4, -0.2) is 48.7 Å². The highest BCUT2D eigenvalue weighted by Crippen LogP contribution is 2.36. The van der Waals surface area contributed by atoms with E-state index in [1.165, 1.54) is 20.0 Å². The first-order valence-electron chi connectivity index (χ1n) is 12.7. The maximum atomic E-state index is 13.2. The van der Waals surface area contributed by atoms with Gasteiger partial charge in [0.2, 0.25) is 0 Å². The Morgan fingerprint density at radius 1 is 0.946 bits per heavy atom. The van der Waals surface area contributed by atoms with Crippen molar-refractivity contribution in [2.45, 2.75) is 38.3 Å². The van der Waals surface area contributed by atoms with Gasteiger partial charge in [0.05, 0.1) is 14.2 Å². The van der Waals surface area contributed by atoms with Gasteiger partial charge in [-0.15, -0.1) is 0 Å². The highest BCUT2D eigenvalue weighted by atomic mass is 16.5. The molecule has 5 rings (SSSR count). The average molecular weight is 497 g/mol. The summed E-state index contributed by atoms with van der Waals surface area (Å²) in [4.78, 5) is 28.2. The minimum absolute atomic E-state index is 0.0343. The van der Waals surface area contributed by atoms with Gasteiger partial charge in [0, 0.05) is 41.7 Å². The molecule has 4 aromatic rings. The summed E-state index contributed by atoms with van der Waals surface area (Å²) in [5, 5.41) is 0.952. The van der Waals surface area contributed by atoms with E-state index in [1.54, 1.807) is 7.11 Å². The van der Waals surface area contributed by atoms with Gasteiger partial charge in [0.1, 0.15) is 11.4 Å². The van der Waals surface area contributed by atoms with Gasteiger partial charge in [-0.05, 0) is 54.3 Å². The molecule has 0 radical (unpaired) electrons. The molecule has 0 unspecified atom stereocenters. The van der Waals surface area contributed by atoms with Crippen molar-refractivity contribution in [1.29, 1.82) is 0 Å². The van der Waals surface area contributed by atoms with Crippen LogP contribution in [-0.2, 0) is 11.3 Å². The number of ether oxygens (including phenoxy) is 2. The second kappa shape index (κ2) is 10.5. The van der Waals surface area contributed by atoms with Crippen molar-refractivity contribution in [3.8, 4) is 16.9 Å². The Hall–Kier alpha value is -4.06. The van der Waals surface area contributed by atoms with Crippen molar-refractivity contribution in [2.75, 3.05) is 21.3 Å². The van der Waals surface area contributed by atoms with E-state index in [9.17, 15) is 9.59 Å². The van der Waals surface area contributed by atoms with Crippen LogP contribution in [0, 0.1) is 0 Å². The Morgan fingerprint density at radius 3 is 2.38 bits per heavy atom. The van der Waals surface area contributed by atoms with Crippen molar-refractivity contribution in [1.82, 2.24) is 9.47 Å². The van der Waals surface area contributed by atoms with Crippen LogP contribution in [0.2, 0.25) is 0 Å². The Labute approximate surface area is 217 Å². The van der Waals surface area contributed by atoms with Crippen molar-refractivity contribution in [2.24, 2.45) is 0 Å². The van der Waals surface area contributed by atoms with Crippen molar-refractivity contribution in [3.05, 3.63) is 89.6 Å². The molecule has 1 heterocycles. The summed E-state index contributed by atoms with van der Waals surface area (Å²) in [7, 11) is 4.94. The Morgan fingerprint density at radius 2 is 1.68 bits per heavy atom. The molecule has 0 bridgehead atoms. The molecular formula is C31H32N2O4. The molecule has 0 N–H and O–H groups in total. The van der Waals surface area contributed by atoms with E-state index in [1.807, 2.05) is 89.3 Å². The lowest BCUT2D eigenvalue weighted by Crippen LogP contribution is -2.35. The lowest BCUT2D eigenvalue weighted by molar-refractivity contribution is 0.0590. The molecule has 1 saturated carbocycles. The van der Waals surface area contributed by atoms with E-state index in [-0.39, 0.29) is 5.91 Å². The molecule has 190 valence electrons. The number of methoxy groups -OCH3 is 2. The predicted octanol–water partition coefficient (Wildman–Crippen LogP) is 6.17. The van der Waals surface area contributed by atoms with Gasteiger partial charge in [-0.25, -0.2) is 4.79 Å². The quantitative estimate of drug-likeness (QED) is 0.287. The van der Waals surface area contributed by atoms with Gasteiger partial charge in [-0.2, -0.15) is 0 Å². The number of hydrogen-bond donors (Lipinski definition) is 0. The Kier molecular flexibility index (Phi) is 6.99. The highest BCUT2D eigenvalue weighted by Gasteiger charge is 2.26. The second-order valence-electron chi connectivity index (χ2n) is 9.60. The number of carbonyl (C=O) groups is 2. The number of carbonyl (C=O) groups excluding carboxylic acids is 2. The lowest BCUT2D eigenvalue weighted by atomic mass is 10.00. The summed E-state index contributed by atoms with van der Waals surface area (Å²) < 4.78 is 12.7. The van der Waals surface area contributed by atoms with Crippen LogP contribution in [0.5, 0.6) is 5.75 Å². The largest absolute Gasteiger partial charge is 0.497 e. The molecule has 6 nitrogen and oxygen atoms in total. The smallest absolute Gasteiger partial charge is 0.355 e. The Bertz CT molecular complexity index is 1430. The molecule has 0 aliphatic heterocycles. The maximum Gasteiger partial charge on any atom is 0.355 e. The van der Waals surface area contributed by atoms with Gasteiger partial charge >= 0.3 is 5.97 Å². The summed E-state index contributed by atoms with van der Waals surface area (Å²) in [5.41, 5.74) is 4.73. The van der Waals surface area contributed by atoms with E-state index in [0.29, 0.717) is 23.8 Å². The molecular weight excluding hydrogens is 464 g/mol. The minimum atomic E-state index is -0.407. The first-order valence-corrected chi connectivity index (χ1v) is 12.7. The lowest BCUT2D eigenvalue weighted by Gasteiger charge is -2.24. The number of fused-ring (bicyclic) bond motifs is 1. The van der Waals surface area contributed by atoms with E-state index in [4.69, 9.17) is 9.47 Å². The standard InChI is InChI=1S/C31H32N2O4/c1-32(24-10-4-5-11-24)30(34)23-17-15-22(16-18-23)28-26-13-6-7-14-27(26)33(29(28)31(35)37-3)20-21-9-8-12-25(19-21)36-2/h6-9,12-19,24H,4-5,10-11,20H2,1-3H3. The fraction of sp³-hybridized carbons (Fsp3) is 0.290. The second-order valence-corrected chi connectivity index (χ2v) is 9.60. The van der Waals surface area contributed by atoms with Crippen LogP contribution in [0.4, 0.5) is 0 Å². The molecule has 1 aliphatic rings. The molecule has 0 saturated heterocycles. The third kappa shape index (κ3) is 4.71. The van der Waals surface area contributed by atoms with Crippen LogP contribution in [0.3, 0.4) is 0 Å². The van der Waals surface area contributed by atoms with Gasteiger partial charge in [-0.3, -0.25) is 4.79 Å². The third-order valence-corrected chi connectivity index (χ3v) is 7.44. The average Bonchev–Trinajstić information content (AvgIpc) is 3.59. The van der Waals surface area contributed by atoms with E-state index in [2.05, 4.69) is 0 Å². The zero-order valence-corrected chi connectivity index (χ0v) is 21.6. The topological polar surface area (TPSA) is 60.8 Å². The van der Waals surface area contributed by atoms with E-state index in [0.717, 1.165) is 46.2 Å². The number of aromatic nitrogens is 1. The fourth-order valence-corrected chi connectivity index (χ4v) is 5.46. The molecule has 1 fully saturated rings. The first-order chi connectivity index (χ1) is 18.0. The number of para-hydroxylation sites is 1. The van der Waals surface area contributed by atoms with Gasteiger partial charge in [0.15, 0.2) is 0 Å². The maximum absolute atomic E-state index is 13.2. The molecule has 0 atom stereocenters. The predicted molar refractivity (Wildman–Crippen MR) is 145 cm³/mol. The van der Waals surface area contributed by atoms with Crippen molar-refractivity contribution in [3.63, 3.8) is 0 Å². The zero-order chi connectivity index (χ0) is 25.9. The Balaban J connectivity index is 1.58. The molecule has 6 heteroatoms. The highest BCUT2D eigenvalue weighted by molar-refractivity contribution is 6.09. The van der Waals surface area contributed by atoms with Gasteiger partial charge in [-0.1, -0.05) is 55.3 Å². The van der Waals surface area contributed by atoms with Crippen molar-refractivity contribution < 1.29 is 19.1 Å². The van der Waals surface area contributed by atoms with E-state index >= 15 is 0 Å². The summed E-state index contributed by atoms with van der Waals surface area (Å²) in [6, 6.07) is 23.7. The summed E-state index contributed by atoms with van der Waals surface area (Å²) in [5.74, 6) is 0.388. The number of hydrogen-bond acceptors (Lipinski definition) is 4. The van der Waals surface area contributed by atoms with Crippen LogP contribution in [0.1, 0.15) is 52.1 Å². The summed E-state index contributed by atoms with van der Waals surface area (Å²) in [6.07, 6.45) is 4.49. The number of amides is 1. The monoisotopic (exact) mass is 496 g/mol. The normalized spacial score (nSPS) is 13.6. The number of rotatable bonds is 7. The SMILES string of the molecule is COC(=O)c1c(-c2ccc(C(=O)N(C)C3CCCC3)cc2)c2ccccc2n1Cc1cccc(OC)c1. The van der Waals surface area contributed by atoms with Crippen LogP contribution < -0.4 is 4.74 Å². The van der Waals surface area contributed by atoms with Gasteiger partial charge in [0.25, 0.3) is 5.91 Å². The summed E-state index contributed by atoms with van der Waals surface area (Å²) in [6.45, 7) is 0.477. The molecule has 37 heavy (non-hydrogen) atoms. The zero-order valence-electron chi connectivity index (χ0n) is 21.6. The van der Waals surface area contributed by atoms with E-state index < -0.39 is 5.97 Å². The number of esters is 1. The number of benzene rings is 3. The number of nitrogens with zero attached hydrogens (tertiary/aromatic N) is 2. The first kappa shape index (κ1) is 24.6. The van der Waals surface area contributed by atoms with Crippen molar-refractivity contribution >= 4 is 22.8 Å². The molecule has 1 aromatic heterocycles. The van der Waals surface area contributed by atoms with Crippen LogP contribution in [0.25, 0.3) is 22.0 Å². The molecule has 1 amide bonds. The molecule has 0 spiro atoms. The summed E-state index contributed by atoms with van der Waals surface area (Å²) >= 11 is 0. The molecule has 3 aromatic carbocycles. The van der Waals surface area contributed by atoms with Crippen LogP contribution in [0.15, 0.2) is 72.8 Å².